The van der Waals surface area contributed by atoms with Crippen LogP contribution >= 0.6 is 11.6 Å². The van der Waals surface area contributed by atoms with Crippen LogP contribution in [0.4, 0.5) is 18.9 Å². The van der Waals surface area contributed by atoms with Gasteiger partial charge in [0.2, 0.25) is 5.91 Å². The van der Waals surface area contributed by atoms with E-state index in [4.69, 9.17) is 26.2 Å². The van der Waals surface area contributed by atoms with Crippen molar-refractivity contribution in [1.82, 2.24) is 15.2 Å². The van der Waals surface area contributed by atoms with E-state index in [9.17, 15) is 22.8 Å². The van der Waals surface area contributed by atoms with Gasteiger partial charge in [-0.05, 0) is 49.6 Å². The van der Waals surface area contributed by atoms with E-state index < -0.39 is 12.1 Å². The maximum atomic E-state index is 13.2. The first-order valence-electron chi connectivity index (χ1n) is 12.4. The van der Waals surface area contributed by atoms with Crippen LogP contribution in [0.1, 0.15) is 51.4 Å². The molecule has 2 amide bonds. The number of alkyl halides is 3. The molecule has 0 spiro atoms. The monoisotopic (exact) mass is 588 g/mol. The number of carbonyl (C=O) groups is 3. The van der Waals surface area contributed by atoms with Gasteiger partial charge in [0.05, 0.1) is 0 Å². The third-order valence-electron chi connectivity index (χ3n) is 5.02. The zero-order valence-corrected chi connectivity index (χ0v) is 23.9. The molecular formula is C27H36ClF3N4O5. The summed E-state index contributed by atoms with van der Waals surface area (Å²) in [5, 5.41) is 13.7. The predicted molar refractivity (Wildman–Crippen MR) is 147 cm³/mol. The number of carboxylic acid groups (broad SMARTS) is 1. The quantitative estimate of drug-likeness (QED) is 0.306. The third-order valence-corrected chi connectivity index (χ3v) is 5.24. The van der Waals surface area contributed by atoms with Crippen LogP contribution < -0.4 is 15.4 Å². The number of nitrogens with zero attached hydrogens (tertiary/aromatic N) is 2. The third kappa shape index (κ3) is 14.0. The van der Waals surface area contributed by atoms with Gasteiger partial charge < -0.3 is 25.4 Å². The molecule has 0 aliphatic carbocycles. The van der Waals surface area contributed by atoms with E-state index in [1.807, 2.05) is 26.0 Å². The highest BCUT2D eigenvalue weighted by Gasteiger charge is 2.38. The molecule has 0 saturated carbocycles. The maximum absolute atomic E-state index is 13.2. The molecule has 0 fully saturated rings. The second-order valence-electron chi connectivity index (χ2n) is 10.2. The van der Waals surface area contributed by atoms with Gasteiger partial charge in [0, 0.05) is 60.8 Å². The van der Waals surface area contributed by atoms with Gasteiger partial charge in [-0.15, -0.1) is 0 Å². The highest BCUT2D eigenvalue weighted by atomic mass is 35.5. The topological polar surface area (TPSA) is 121 Å². The summed E-state index contributed by atoms with van der Waals surface area (Å²) in [6.07, 6.45) is -1.41. The Kier molecular flexibility index (Phi) is 13.7. The average Bonchev–Trinajstić information content (AvgIpc) is 2.85. The number of benzene rings is 1. The van der Waals surface area contributed by atoms with E-state index in [1.54, 1.807) is 35.5 Å². The van der Waals surface area contributed by atoms with Crippen LogP contribution in [-0.2, 0) is 9.59 Å². The van der Waals surface area contributed by atoms with Crippen LogP contribution in [0.25, 0.3) is 0 Å². The Balaban J connectivity index is 0.00000101. The van der Waals surface area contributed by atoms with E-state index in [0.717, 1.165) is 5.69 Å². The molecule has 2 aromatic rings. The molecule has 0 bridgehead atoms. The van der Waals surface area contributed by atoms with Gasteiger partial charge in [0.15, 0.2) is 0 Å². The number of anilines is 1. The number of rotatable bonds is 11. The number of pyridine rings is 1. The van der Waals surface area contributed by atoms with Crippen molar-refractivity contribution in [2.75, 3.05) is 31.6 Å². The van der Waals surface area contributed by atoms with Crippen LogP contribution in [-0.4, -0.2) is 71.2 Å². The fraction of sp³-hybridized carbons (Fsp3) is 0.481. The van der Waals surface area contributed by atoms with Crippen molar-refractivity contribution in [2.24, 2.45) is 5.41 Å². The molecule has 13 heteroatoms. The molecule has 0 aliphatic rings. The molecule has 3 N–H and O–H groups in total. The number of hydrogen-bond acceptors (Lipinski definition) is 6. The standard InChI is InChI=1S/C25H35ClN4O3.C2HF3O2/c1-18(2)30(12-8-23(31)29-17-25(3,4)5)24(32)19-14-20(26)16-22(15-19)33-13-11-28-21-6-9-27-10-7-21;3-2(4,5)1(6)7/h6-7,9-10,14-16,18H,8,11-13,17H2,1-5H3,(H,27,28)(H,29,31);(H,6,7). The minimum atomic E-state index is -5.08. The lowest BCUT2D eigenvalue weighted by atomic mass is 9.97. The molecule has 0 unspecified atom stereocenters. The number of aromatic nitrogens is 1. The molecule has 222 valence electrons. The molecule has 2 rings (SSSR count). The van der Waals surface area contributed by atoms with Gasteiger partial charge in [-0.25, -0.2) is 4.79 Å². The highest BCUT2D eigenvalue weighted by Crippen LogP contribution is 2.23. The Bertz CT molecular complexity index is 1110. The lowest BCUT2D eigenvalue weighted by molar-refractivity contribution is -0.192. The molecule has 9 nitrogen and oxygen atoms in total. The number of carboxylic acids is 1. The number of aliphatic carboxylic acids is 1. The van der Waals surface area contributed by atoms with Gasteiger partial charge in [-0.1, -0.05) is 32.4 Å². The molecule has 0 atom stereocenters. The summed E-state index contributed by atoms with van der Waals surface area (Å²) in [5.74, 6) is -2.49. The summed E-state index contributed by atoms with van der Waals surface area (Å²) in [7, 11) is 0. The number of hydrogen-bond donors (Lipinski definition) is 3. The first kappa shape index (κ1) is 34.5. The first-order chi connectivity index (χ1) is 18.5. The van der Waals surface area contributed by atoms with Crippen molar-refractivity contribution in [2.45, 2.75) is 53.3 Å². The Labute approximate surface area is 237 Å². The molecule has 0 saturated heterocycles. The Morgan fingerprint density at radius 2 is 1.70 bits per heavy atom. The lowest BCUT2D eigenvalue weighted by Gasteiger charge is -2.27. The smallest absolute Gasteiger partial charge is 0.490 e. The Morgan fingerprint density at radius 1 is 1.10 bits per heavy atom. The summed E-state index contributed by atoms with van der Waals surface area (Å²) in [6, 6.07) is 8.68. The maximum Gasteiger partial charge on any atom is 0.490 e. The van der Waals surface area contributed by atoms with E-state index in [-0.39, 0.29) is 29.7 Å². The molecule has 0 aliphatic heterocycles. The van der Waals surface area contributed by atoms with Crippen molar-refractivity contribution < 1.29 is 37.4 Å². The van der Waals surface area contributed by atoms with Gasteiger partial charge in [0.25, 0.3) is 5.91 Å². The highest BCUT2D eigenvalue weighted by molar-refractivity contribution is 6.31. The van der Waals surface area contributed by atoms with Gasteiger partial charge in [-0.3, -0.25) is 14.6 Å². The van der Waals surface area contributed by atoms with E-state index >= 15 is 0 Å². The van der Waals surface area contributed by atoms with E-state index in [1.165, 1.54) is 0 Å². The van der Waals surface area contributed by atoms with Crippen molar-refractivity contribution in [3.8, 4) is 5.75 Å². The first-order valence-corrected chi connectivity index (χ1v) is 12.8. The number of halogens is 4. The average molecular weight is 589 g/mol. The lowest BCUT2D eigenvalue weighted by Crippen LogP contribution is -2.40. The fourth-order valence-electron chi connectivity index (χ4n) is 3.04. The predicted octanol–water partition coefficient (Wildman–Crippen LogP) is 5.26. The minimum Gasteiger partial charge on any atom is -0.492 e. The summed E-state index contributed by atoms with van der Waals surface area (Å²) in [6.45, 7) is 11.9. The van der Waals surface area contributed by atoms with Crippen LogP contribution in [0.15, 0.2) is 42.7 Å². The van der Waals surface area contributed by atoms with E-state index in [2.05, 4.69) is 36.4 Å². The van der Waals surface area contributed by atoms with Gasteiger partial charge in [-0.2, -0.15) is 13.2 Å². The van der Waals surface area contributed by atoms with Crippen molar-refractivity contribution in [3.63, 3.8) is 0 Å². The van der Waals surface area contributed by atoms with Crippen LogP contribution in [0.3, 0.4) is 0 Å². The summed E-state index contributed by atoms with van der Waals surface area (Å²) >= 11 is 6.26. The zero-order chi connectivity index (χ0) is 30.5. The van der Waals surface area contributed by atoms with Crippen LogP contribution in [0, 0.1) is 5.41 Å². The van der Waals surface area contributed by atoms with Crippen molar-refractivity contribution in [3.05, 3.63) is 53.3 Å². The molecule has 0 radical (unpaired) electrons. The number of amides is 2. The minimum absolute atomic E-state index is 0.00816. The SMILES string of the molecule is CC(C)N(CCC(=O)NCC(C)(C)C)C(=O)c1cc(Cl)cc(OCCNc2ccncc2)c1.O=C(O)C(F)(F)F. The summed E-state index contributed by atoms with van der Waals surface area (Å²) < 4.78 is 37.5. The van der Waals surface area contributed by atoms with Crippen molar-refractivity contribution in [1.29, 1.82) is 0 Å². The summed E-state index contributed by atoms with van der Waals surface area (Å²) in [4.78, 5) is 40.0. The van der Waals surface area contributed by atoms with Gasteiger partial charge >= 0.3 is 12.1 Å². The summed E-state index contributed by atoms with van der Waals surface area (Å²) in [5.41, 5.74) is 1.40. The Morgan fingerprint density at radius 3 is 2.23 bits per heavy atom. The van der Waals surface area contributed by atoms with Crippen LogP contribution in [0.5, 0.6) is 5.75 Å². The number of carbonyl (C=O) groups excluding carboxylic acids is 2. The zero-order valence-electron chi connectivity index (χ0n) is 23.1. The normalized spacial score (nSPS) is 11.2. The largest absolute Gasteiger partial charge is 0.492 e. The van der Waals surface area contributed by atoms with Gasteiger partial charge in [0.1, 0.15) is 12.4 Å². The van der Waals surface area contributed by atoms with E-state index in [0.29, 0.717) is 42.6 Å². The Hall–Kier alpha value is -3.54. The van der Waals surface area contributed by atoms with Crippen LogP contribution in [0.2, 0.25) is 5.02 Å². The molecular weight excluding hydrogens is 553 g/mol. The molecule has 1 aromatic heterocycles. The molecule has 1 heterocycles. The second-order valence-corrected chi connectivity index (χ2v) is 10.6. The number of ether oxygens (including phenoxy) is 1. The van der Waals surface area contributed by atoms with Crippen molar-refractivity contribution >= 4 is 35.1 Å². The molecule has 1 aromatic carbocycles. The number of nitrogens with one attached hydrogen (secondary N) is 2. The molecule has 40 heavy (non-hydrogen) atoms. The second kappa shape index (κ2) is 15.9. The fourth-order valence-corrected chi connectivity index (χ4v) is 3.26.